The van der Waals surface area contributed by atoms with Gasteiger partial charge < -0.3 is 17.7 Å². The molecule has 0 aliphatic carbocycles. The monoisotopic (exact) mass is 192 g/mol. The topological polar surface area (TPSA) is 67.7 Å². The molecule has 0 saturated carbocycles. The molecule has 0 spiro atoms. The van der Waals surface area contributed by atoms with Crippen LogP contribution in [0.25, 0.3) is 0 Å². The summed E-state index contributed by atoms with van der Waals surface area (Å²) < 4.78 is 0. The summed E-state index contributed by atoms with van der Waals surface area (Å²) in [6.07, 6.45) is 0. The van der Waals surface area contributed by atoms with Crippen LogP contribution in [0, 0.1) is 0 Å². The zero-order valence-electron chi connectivity index (χ0n) is 6.52. The van der Waals surface area contributed by atoms with Crippen LogP contribution in [0.1, 0.15) is 6.92 Å². The molecule has 5 nitrogen and oxygen atoms in total. The third-order valence-electron chi connectivity index (χ3n) is 1.57. The van der Waals surface area contributed by atoms with Crippen LogP contribution in [0.15, 0.2) is 0 Å². The number of piperazine rings is 1. The molecule has 0 aromatic rings. The summed E-state index contributed by atoms with van der Waals surface area (Å²) >= 11 is 0. The highest BCUT2D eigenvalue weighted by atomic mass is 35.5. The summed E-state index contributed by atoms with van der Waals surface area (Å²) in [5, 5.41) is 2.36. The third kappa shape index (κ3) is 2.02. The van der Waals surface area contributed by atoms with E-state index in [2.05, 4.69) is 5.32 Å². The highest BCUT2D eigenvalue weighted by Crippen LogP contribution is 1.70. The van der Waals surface area contributed by atoms with E-state index >= 15 is 0 Å². The molecule has 0 radical (unpaired) electrons. The summed E-state index contributed by atoms with van der Waals surface area (Å²) in [5.41, 5.74) is 0. The molecule has 1 aliphatic heterocycles. The molecule has 0 bridgehead atoms. The van der Waals surface area contributed by atoms with E-state index in [4.69, 9.17) is 0 Å². The maximum Gasteiger partial charge on any atom is 0.409 e. The Morgan fingerprint density at radius 3 is 2.50 bits per heavy atom. The van der Waals surface area contributed by atoms with Crippen molar-refractivity contribution >= 4 is 17.7 Å². The number of rotatable bonds is 0. The van der Waals surface area contributed by atoms with Crippen molar-refractivity contribution in [3.05, 3.63) is 0 Å². The molecule has 1 atom stereocenters. The van der Waals surface area contributed by atoms with Gasteiger partial charge in [0, 0.05) is 0 Å². The maximum atomic E-state index is 10.9. The fourth-order valence-corrected chi connectivity index (χ4v) is 0.968. The predicted molar refractivity (Wildman–Crippen MR) is 34.5 cm³/mol. The molecular formula is C6H9ClN2O3. The van der Waals surface area contributed by atoms with Crippen molar-refractivity contribution in [3.8, 4) is 0 Å². The first kappa shape index (κ1) is 11.1. The molecule has 1 rings (SSSR count). The van der Waals surface area contributed by atoms with E-state index in [1.807, 2.05) is 0 Å². The summed E-state index contributed by atoms with van der Waals surface area (Å²) in [6.45, 7) is 2.05. The van der Waals surface area contributed by atoms with Gasteiger partial charge in [0.25, 0.3) is 0 Å². The zero-order valence-corrected chi connectivity index (χ0v) is 7.27. The van der Waals surface area contributed by atoms with E-state index in [9.17, 15) is 14.4 Å². The fourth-order valence-electron chi connectivity index (χ4n) is 0.968. The Morgan fingerprint density at radius 1 is 1.50 bits per heavy atom. The van der Waals surface area contributed by atoms with E-state index in [0.29, 0.717) is 13.1 Å². The van der Waals surface area contributed by atoms with E-state index in [-0.39, 0.29) is 23.2 Å². The largest absolute Gasteiger partial charge is 1.00 e. The highest BCUT2D eigenvalue weighted by molar-refractivity contribution is 6.32. The van der Waals surface area contributed by atoms with Crippen molar-refractivity contribution < 1.29 is 31.7 Å². The normalized spacial score (nSPS) is 22.6. The Hall–Kier alpha value is -0.940. The van der Waals surface area contributed by atoms with Gasteiger partial charge in [0.1, 0.15) is 6.54 Å². The van der Waals surface area contributed by atoms with Gasteiger partial charge in [0.2, 0.25) is 0 Å². The summed E-state index contributed by atoms with van der Waals surface area (Å²) in [5.74, 6) is -1.64. The Balaban J connectivity index is 0.00000121. The molecule has 0 aromatic carbocycles. The number of carbonyl (C=O) groups is 3. The van der Waals surface area contributed by atoms with E-state index in [1.165, 1.54) is 6.92 Å². The Bertz CT molecular complexity index is 229. The van der Waals surface area contributed by atoms with Gasteiger partial charge in [-0.15, -0.1) is 0 Å². The molecule has 3 amide bonds. The van der Waals surface area contributed by atoms with Gasteiger partial charge in [-0.05, 0) is 0 Å². The van der Waals surface area contributed by atoms with Gasteiger partial charge in [-0.3, -0.25) is 4.79 Å². The summed E-state index contributed by atoms with van der Waals surface area (Å²) in [4.78, 5) is 32.4. The van der Waals surface area contributed by atoms with Crippen LogP contribution in [-0.4, -0.2) is 30.8 Å². The van der Waals surface area contributed by atoms with Crippen molar-refractivity contribution in [1.29, 1.82) is 0 Å². The average molecular weight is 193 g/mol. The standard InChI is InChI=1S/C6H8N2O3.ClH/c1-4(9)8-3-2-7-5(10)6(8)11;/h2-3H2,1H3,(H,7,10);1H. The number of hydrogen-bond acceptors (Lipinski definition) is 3. The first-order chi connectivity index (χ1) is 5.13. The zero-order chi connectivity index (χ0) is 8.43. The highest BCUT2D eigenvalue weighted by Gasteiger charge is 2.34. The first-order valence-electron chi connectivity index (χ1n) is 3.32. The van der Waals surface area contributed by atoms with Crippen LogP contribution in [0.4, 0.5) is 0 Å². The van der Waals surface area contributed by atoms with Gasteiger partial charge in [-0.1, -0.05) is 0 Å². The number of hydrogen-bond donors (Lipinski definition) is 2. The minimum absolute atomic E-state index is 0. The minimum atomic E-state index is -0.677. The average Bonchev–Trinajstić information content (AvgIpc) is 1.94. The summed E-state index contributed by atoms with van der Waals surface area (Å²) in [6, 6.07) is 0. The molecule has 68 valence electrons. The van der Waals surface area contributed by atoms with E-state index < -0.39 is 11.8 Å². The van der Waals surface area contributed by atoms with Gasteiger partial charge >= 0.3 is 17.7 Å². The quantitative estimate of drug-likeness (QED) is 0.376. The Morgan fingerprint density at radius 2 is 2.08 bits per heavy atom. The molecule has 2 N–H and O–H groups in total. The number of quaternary nitrogens is 1. The molecular weight excluding hydrogens is 184 g/mol. The second kappa shape index (κ2) is 4.18. The lowest BCUT2D eigenvalue weighted by Crippen LogP contribution is -3.20. The maximum absolute atomic E-state index is 10.9. The Kier molecular flexibility index (Phi) is 3.85. The second-order valence-electron chi connectivity index (χ2n) is 2.37. The Labute approximate surface area is 75.5 Å². The fraction of sp³-hybridized carbons (Fsp3) is 0.500. The second-order valence-corrected chi connectivity index (χ2v) is 2.37. The lowest BCUT2D eigenvalue weighted by Gasteiger charge is -2.16. The number of nitrogens with one attached hydrogen (secondary N) is 2. The molecule has 1 heterocycles. The smallest absolute Gasteiger partial charge is 0.409 e. The number of halogens is 1. The third-order valence-corrected chi connectivity index (χ3v) is 1.57. The minimum Gasteiger partial charge on any atom is -1.00 e. The van der Waals surface area contributed by atoms with Crippen LogP contribution >= 0.6 is 0 Å². The number of amides is 3. The van der Waals surface area contributed by atoms with Crippen molar-refractivity contribution in [2.75, 3.05) is 13.1 Å². The van der Waals surface area contributed by atoms with E-state index in [0.717, 1.165) is 0 Å². The molecule has 1 fully saturated rings. The van der Waals surface area contributed by atoms with Gasteiger partial charge in [0.05, 0.1) is 13.5 Å². The van der Waals surface area contributed by atoms with Crippen molar-refractivity contribution in [1.82, 2.24) is 5.32 Å². The SMILES string of the molecule is CC(=O)[NH+]1CCNC(=O)C1=O.[Cl-]. The van der Waals surface area contributed by atoms with Crippen molar-refractivity contribution in [2.24, 2.45) is 0 Å². The lowest BCUT2D eigenvalue weighted by molar-refractivity contribution is -0.734. The predicted octanol–water partition coefficient (Wildman–Crippen LogP) is -5.92. The molecule has 6 heteroatoms. The van der Waals surface area contributed by atoms with Crippen LogP contribution in [0.3, 0.4) is 0 Å². The van der Waals surface area contributed by atoms with Gasteiger partial charge in [0.15, 0.2) is 0 Å². The molecule has 1 aliphatic rings. The first-order valence-corrected chi connectivity index (χ1v) is 3.32. The number of carbonyl (C=O) groups excluding carboxylic acids is 3. The van der Waals surface area contributed by atoms with Crippen LogP contribution in [-0.2, 0) is 14.4 Å². The molecule has 1 saturated heterocycles. The number of imide groups is 1. The van der Waals surface area contributed by atoms with Crippen molar-refractivity contribution in [3.63, 3.8) is 0 Å². The molecule has 0 aromatic heterocycles. The van der Waals surface area contributed by atoms with Crippen molar-refractivity contribution in [2.45, 2.75) is 6.92 Å². The van der Waals surface area contributed by atoms with Crippen LogP contribution in [0.5, 0.6) is 0 Å². The van der Waals surface area contributed by atoms with Crippen LogP contribution in [0.2, 0.25) is 0 Å². The molecule has 1 unspecified atom stereocenters. The lowest BCUT2D eigenvalue weighted by atomic mass is 10.3. The van der Waals surface area contributed by atoms with E-state index in [1.54, 1.807) is 0 Å². The van der Waals surface area contributed by atoms with Gasteiger partial charge in [-0.25, -0.2) is 9.59 Å². The van der Waals surface area contributed by atoms with Gasteiger partial charge in [-0.2, -0.15) is 4.90 Å². The van der Waals surface area contributed by atoms with Crippen LogP contribution < -0.4 is 22.6 Å². The molecule has 12 heavy (non-hydrogen) atoms. The summed E-state index contributed by atoms with van der Waals surface area (Å²) in [7, 11) is 0.